The molecule has 2 aromatic rings. The topological polar surface area (TPSA) is 20.2 Å². The van der Waals surface area contributed by atoms with E-state index in [0.717, 1.165) is 0 Å². The smallest absolute Gasteiger partial charge is 0.136 e. The molecule has 0 aromatic heterocycles. The van der Waals surface area contributed by atoms with Crippen LogP contribution in [0.15, 0.2) is 42.5 Å². The summed E-state index contributed by atoms with van der Waals surface area (Å²) in [7, 11) is 0. The summed E-state index contributed by atoms with van der Waals surface area (Å²) in [6.45, 7) is -0.395. The molecule has 0 atom stereocenters. The fourth-order valence-corrected chi connectivity index (χ4v) is 1.59. The van der Waals surface area contributed by atoms with Crippen molar-refractivity contribution in [3.63, 3.8) is 0 Å². The van der Waals surface area contributed by atoms with Crippen LogP contribution in [0.3, 0.4) is 0 Å². The first kappa shape index (κ1) is 10.8. The second-order valence-electron chi connectivity index (χ2n) is 3.42. The highest BCUT2D eigenvalue weighted by Crippen LogP contribution is 2.27. The van der Waals surface area contributed by atoms with Crippen molar-refractivity contribution < 1.29 is 13.9 Å². The molecule has 0 aliphatic heterocycles. The summed E-state index contributed by atoms with van der Waals surface area (Å²) in [6.07, 6.45) is 0. The van der Waals surface area contributed by atoms with Crippen molar-refractivity contribution in [3.05, 3.63) is 59.7 Å². The van der Waals surface area contributed by atoms with Crippen molar-refractivity contribution in [2.75, 3.05) is 0 Å². The Morgan fingerprint density at radius 3 is 2.25 bits per heavy atom. The Morgan fingerprint density at radius 1 is 0.875 bits per heavy atom. The van der Waals surface area contributed by atoms with Crippen molar-refractivity contribution in [2.45, 2.75) is 6.61 Å². The van der Waals surface area contributed by atoms with Crippen LogP contribution >= 0.6 is 0 Å². The van der Waals surface area contributed by atoms with Crippen LogP contribution in [0.2, 0.25) is 0 Å². The van der Waals surface area contributed by atoms with Crippen molar-refractivity contribution in [1.29, 1.82) is 0 Å². The van der Waals surface area contributed by atoms with Crippen molar-refractivity contribution >= 4 is 0 Å². The molecular formula is C13H10F2O. The maximum absolute atomic E-state index is 13.8. The Morgan fingerprint density at radius 2 is 1.56 bits per heavy atom. The molecule has 2 rings (SSSR count). The minimum atomic E-state index is -0.574. The second kappa shape index (κ2) is 4.41. The molecule has 1 N–H and O–H groups in total. The van der Waals surface area contributed by atoms with Gasteiger partial charge in [0, 0.05) is 16.7 Å². The molecule has 0 aliphatic carbocycles. The number of aliphatic hydroxyl groups is 1. The molecule has 0 amide bonds. The molecule has 0 unspecified atom stereocenters. The van der Waals surface area contributed by atoms with E-state index in [1.165, 1.54) is 24.3 Å². The highest BCUT2D eigenvalue weighted by atomic mass is 19.1. The zero-order chi connectivity index (χ0) is 11.5. The van der Waals surface area contributed by atoms with Gasteiger partial charge in [-0.05, 0) is 6.07 Å². The second-order valence-corrected chi connectivity index (χ2v) is 3.42. The summed E-state index contributed by atoms with van der Waals surface area (Å²) in [6, 6.07) is 10.5. The maximum Gasteiger partial charge on any atom is 0.136 e. The van der Waals surface area contributed by atoms with Gasteiger partial charge in [-0.3, -0.25) is 0 Å². The Kier molecular flexibility index (Phi) is 2.97. The quantitative estimate of drug-likeness (QED) is 0.824. The van der Waals surface area contributed by atoms with Gasteiger partial charge in [-0.1, -0.05) is 36.4 Å². The Labute approximate surface area is 92.0 Å². The number of benzene rings is 2. The SMILES string of the molecule is OCc1cccc(-c2ccccc2F)c1F. The van der Waals surface area contributed by atoms with E-state index >= 15 is 0 Å². The molecule has 0 radical (unpaired) electrons. The molecular weight excluding hydrogens is 210 g/mol. The highest BCUT2D eigenvalue weighted by molar-refractivity contribution is 5.65. The zero-order valence-electron chi connectivity index (χ0n) is 8.45. The molecule has 0 spiro atoms. The van der Waals surface area contributed by atoms with Crippen molar-refractivity contribution in [1.82, 2.24) is 0 Å². The number of halogens is 2. The summed E-state index contributed by atoms with van der Waals surface area (Å²) in [5, 5.41) is 8.93. The summed E-state index contributed by atoms with van der Waals surface area (Å²) >= 11 is 0. The van der Waals surface area contributed by atoms with Crippen LogP contribution < -0.4 is 0 Å². The molecule has 0 saturated carbocycles. The first-order valence-electron chi connectivity index (χ1n) is 4.87. The standard InChI is InChI=1S/C13H10F2O/c14-12-7-2-1-5-10(12)11-6-3-4-9(8-16)13(11)15/h1-7,16H,8H2. The van der Waals surface area contributed by atoms with Gasteiger partial charge in [-0.2, -0.15) is 0 Å². The molecule has 0 saturated heterocycles. The molecule has 2 aromatic carbocycles. The number of hydrogen-bond acceptors (Lipinski definition) is 1. The summed E-state index contributed by atoms with van der Waals surface area (Å²) in [5.74, 6) is -1.05. The van der Waals surface area contributed by atoms with Gasteiger partial charge >= 0.3 is 0 Å². The molecule has 0 aliphatic rings. The minimum Gasteiger partial charge on any atom is -0.392 e. The molecule has 0 heterocycles. The fraction of sp³-hybridized carbons (Fsp3) is 0.0769. The number of aliphatic hydroxyl groups excluding tert-OH is 1. The van der Waals surface area contributed by atoms with E-state index in [1.807, 2.05) is 0 Å². The van der Waals surface area contributed by atoms with E-state index in [-0.39, 0.29) is 16.7 Å². The fourth-order valence-electron chi connectivity index (χ4n) is 1.59. The van der Waals surface area contributed by atoms with Crippen LogP contribution in [0.4, 0.5) is 8.78 Å². The lowest BCUT2D eigenvalue weighted by atomic mass is 10.0. The van der Waals surface area contributed by atoms with Gasteiger partial charge < -0.3 is 5.11 Å². The van der Waals surface area contributed by atoms with E-state index in [1.54, 1.807) is 18.2 Å². The van der Waals surface area contributed by atoms with Crippen LogP contribution in [0.25, 0.3) is 11.1 Å². The van der Waals surface area contributed by atoms with Gasteiger partial charge in [-0.25, -0.2) is 8.78 Å². The first-order chi connectivity index (χ1) is 7.74. The lowest BCUT2D eigenvalue weighted by molar-refractivity contribution is 0.276. The van der Waals surface area contributed by atoms with E-state index in [0.29, 0.717) is 0 Å². The maximum atomic E-state index is 13.8. The largest absolute Gasteiger partial charge is 0.392 e. The van der Waals surface area contributed by atoms with Crippen LogP contribution in [-0.4, -0.2) is 5.11 Å². The predicted molar refractivity (Wildman–Crippen MR) is 57.7 cm³/mol. The monoisotopic (exact) mass is 220 g/mol. The van der Waals surface area contributed by atoms with E-state index in [4.69, 9.17) is 5.11 Å². The lowest BCUT2D eigenvalue weighted by Crippen LogP contribution is -1.94. The molecule has 1 nitrogen and oxygen atoms in total. The van der Waals surface area contributed by atoms with Crippen LogP contribution in [0.1, 0.15) is 5.56 Å². The molecule has 82 valence electrons. The van der Waals surface area contributed by atoms with E-state index in [2.05, 4.69) is 0 Å². The third-order valence-corrected chi connectivity index (χ3v) is 2.41. The van der Waals surface area contributed by atoms with Crippen molar-refractivity contribution in [2.24, 2.45) is 0 Å². The van der Waals surface area contributed by atoms with Gasteiger partial charge in [0.2, 0.25) is 0 Å². The Hall–Kier alpha value is -1.74. The molecule has 3 heteroatoms. The highest BCUT2D eigenvalue weighted by Gasteiger charge is 2.11. The number of rotatable bonds is 2. The lowest BCUT2D eigenvalue weighted by Gasteiger charge is -2.07. The molecule has 0 bridgehead atoms. The van der Waals surface area contributed by atoms with Crippen LogP contribution in [0, 0.1) is 11.6 Å². The predicted octanol–water partition coefficient (Wildman–Crippen LogP) is 3.12. The Balaban J connectivity index is 2.61. The van der Waals surface area contributed by atoms with E-state index < -0.39 is 18.2 Å². The minimum absolute atomic E-state index is 0.167. The average molecular weight is 220 g/mol. The van der Waals surface area contributed by atoms with E-state index in [9.17, 15) is 8.78 Å². The van der Waals surface area contributed by atoms with Gasteiger partial charge in [0.1, 0.15) is 11.6 Å². The summed E-state index contributed by atoms with van der Waals surface area (Å²) in [4.78, 5) is 0. The summed E-state index contributed by atoms with van der Waals surface area (Å²) < 4.78 is 27.3. The normalized spacial score (nSPS) is 10.4. The third kappa shape index (κ3) is 1.82. The molecule has 16 heavy (non-hydrogen) atoms. The van der Waals surface area contributed by atoms with Crippen molar-refractivity contribution in [3.8, 4) is 11.1 Å². The van der Waals surface area contributed by atoms with Gasteiger partial charge in [0.25, 0.3) is 0 Å². The average Bonchev–Trinajstić information content (AvgIpc) is 2.31. The summed E-state index contributed by atoms with van der Waals surface area (Å²) in [5.41, 5.74) is 0.542. The zero-order valence-corrected chi connectivity index (χ0v) is 8.45. The molecule has 0 fully saturated rings. The van der Waals surface area contributed by atoms with Gasteiger partial charge in [0.05, 0.1) is 6.61 Å². The first-order valence-corrected chi connectivity index (χ1v) is 4.87. The van der Waals surface area contributed by atoms with Crippen LogP contribution in [-0.2, 0) is 6.61 Å². The van der Waals surface area contributed by atoms with Crippen LogP contribution in [0.5, 0.6) is 0 Å². The third-order valence-electron chi connectivity index (χ3n) is 2.41. The Bertz CT molecular complexity index is 509. The number of hydrogen-bond donors (Lipinski definition) is 1. The van der Waals surface area contributed by atoms with Gasteiger partial charge in [0.15, 0.2) is 0 Å². The van der Waals surface area contributed by atoms with Gasteiger partial charge in [-0.15, -0.1) is 0 Å².